The molecule has 2 unspecified atom stereocenters. The standard InChI is InChI=1S/C21H45NO3/c1-8-19(9-2)25-20(18(7)17-23)16-21(10-3,11-4)24-15-14-22(12-5)13-6/h18-20,23H,8-17H2,1-7H3. The minimum atomic E-state index is -0.159. The molecular weight excluding hydrogens is 314 g/mol. The molecule has 0 aromatic heterocycles. The van der Waals surface area contributed by atoms with Crippen molar-refractivity contribution in [2.24, 2.45) is 5.92 Å². The highest BCUT2D eigenvalue weighted by Gasteiger charge is 2.34. The molecule has 0 saturated heterocycles. The molecule has 0 heterocycles. The van der Waals surface area contributed by atoms with Crippen LogP contribution in [0.2, 0.25) is 0 Å². The molecule has 0 amide bonds. The lowest BCUT2D eigenvalue weighted by molar-refractivity contribution is -0.125. The molecule has 0 aliphatic rings. The van der Waals surface area contributed by atoms with E-state index in [-0.39, 0.29) is 30.3 Å². The van der Waals surface area contributed by atoms with Crippen molar-refractivity contribution in [3.63, 3.8) is 0 Å². The normalized spacial score (nSPS) is 15.1. The van der Waals surface area contributed by atoms with Crippen molar-refractivity contribution < 1.29 is 14.6 Å². The first-order chi connectivity index (χ1) is 11.9. The summed E-state index contributed by atoms with van der Waals surface area (Å²) >= 11 is 0. The van der Waals surface area contributed by atoms with Crippen molar-refractivity contribution in [2.75, 3.05) is 32.8 Å². The van der Waals surface area contributed by atoms with Crippen LogP contribution in [0.3, 0.4) is 0 Å². The van der Waals surface area contributed by atoms with Crippen LogP contribution in [-0.4, -0.2) is 60.7 Å². The topological polar surface area (TPSA) is 41.9 Å². The summed E-state index contributed by atoms with van der Waals surface area (Å²) in [7, 11) is 0. The van der Waals surface area contributed by atoms with E-state index >= 15 is 0 Å². The molecule has 0 radical (unpaired) electrons. The Morgan fingerprint density at radius 2 is 1.52 bits per heavy atom. The zero-order valence-electron chi connectivity index (χ0n) is 18.0. The molecule has 4 heteroatoms. The highest BCUT2D eigenvalue weighted by Crippen LogP contribution is 2.31. The number of nitrogens with zero attached hydrogens (tertiary/aromatic N) is 1. The van der Waals surface area contributed by atoms with Gasteiger partial charge in [-0.25, -0.2) is 0 Å². The third-order valence-electron chi connectivity index (χ3n) is 5.77. The highest BCUT2D eigenvalue weighted by atomic mass is 16.5. The Morgan fingerprint density at radius 1 is 0.960 bits per heavy atom. The Kier molecular flexibility index (Phi) is 13.9. The molecule has 0 fully saturated rings. The number of rotatable bonds is 16. The summed E-state index contributed by atoms with van der Waals surface area (Å²) in [5.74, 6) is 0.129. The van der Waals surface area contributed by atoms with Crippen LogP contribution < -0.4 is 0 Å². The Hall–Kier alpha value is -0.160. The maximum atomic E-state index is 9.69. The Morgan fingerprint density at radius 3 is 1.92 bits per heavy atom. The van der Waals surface area contributed by atoms with Gasteiger partial charge in [-0.1, -0.05) is 48.5 Å². The summed E-state index contributed by atoms with van der Waals surface area (Å²) in [4.78, 5) is 2.39. The van der Waals surface area contributed by atoms with E-state index in [4.69, 9.17) is 9.47 Å². The lowest BCUT2D eigenvalue weighted by Gasteiger charge is -2.38. The highest BCUT2D eigenvalue weighted by molar-refractivity contribution is 4.85. The summed E-state index contributed by atoms with van der Waals surface area (Å²) in [5, 5.41) is 9.69. The maximum Gasteiger partial charge on any atom is 0.0702 e. The fraction of sp³-hybridized carbons (Fsp3) is 1.00. The molecule has 0 rings (SSSR count). The van der Waals surface area contributed by atoms with Gasteiger partial charge in [-0.15, -0.1) is 0 Å². The van der Waals surface area contributed by atoms with Gasteiger partial charge in [0.15, 0.2) is 0 Å². The van der Waals surface area contributed by atoms with Gasteiger partial charge in [0.1, 0.15) is 0 Å². The van der Waals surface area contributed by atoms with Crippen molar-refractivity contribution in [2.45, 2.75) is 98.4 Å². The van der Waals surface area contributed by atoms with Gasteiger partial charge in [0.05, 0.1) is 24.4 Å². The molecule has 0 aromatic carbocycles. The van der Waals surface area contributed by atoms with Gasteiger partial charge in [-0.05, 0) is 38.8 Å². The zero-order chi connectivity index (χ0) is 19.3. The number of aliphatic hydroxyl groups excluding tert-OH is 1. The second-order valence-corrected chi connectivity index (χ2v) is 7.24. The summed E-state index contributed by atoms with van der Waals surface area (Å²) in [6, 6.07) is 0. The molecule has 25 heavy (non-hydrogen) atoms. The molecule has 0 aliphatic heterocycles. The number of ether oxygens (including phenoxy) is 2. The summed E-state index contributed by atoms with van der Waals surface area (Å²) in [6.07, 6.45) is 5.14. The molecule has 0 bridgehead atoms. The van der Waals surface area contributed by atoms with E-state index in [0.717, 1.165) is 58.3 Å². The minimum Gasteiger partial charge on any atom is -0.396 e. The summed E-state index contributed by atoms with van der Waals surface area (Å²) in [6.45, 7) is 19.2. The summed E-state index contributed by atoms with van der Waals surface area (Å²) < 4.78 is 12.8. The van der Waals surface area contributed by atoms with E-state index in [1.54, 1.807) is 0 Å². The smallest absolute Gasteiger partial charge is 0.0702 e. The predicted molar refractivity (Wildman–Crippen MR) is 107 cm³/mol. The van der Waals surface area contributed by atoms with Crippen LogP contribution in [0.1, 0.15) is 80.6 Å². The zero-order valence-corrected chi connectivity index (χ0v) is 18.0. The lowest BCUT2D eigenvalue weighted by atomic mass is 9.86. The molecule has 0 aromatic rings. The molecule has 0 saturated carbocycles. The van der Waals surface area contributed by atoms with Crippen LogP contribution in [-0.2, 0) is 9.47 Å². The lowest BCUT2D eigenvalue weighted by Crippen LogP contribution is -2.42. The van der Waals surface area contributed by atoms with E-state index < -0.39 is 0 Å². The second-order valence-electron chi connectivity index (χ2n) is 7.24. The van der Waals surface area contributed by atoms with Crippen LogP contribution in [0.5, 0.6) is 0 Å². The molecule has 1 N–H and O–H groups in total. The van der Waals surface area contributed by atoms with E-state index in [1.165, 1.54) is 0 Å². The quantitative estimate of drug-likeness (QED) is 0.441. The van der Waals surface area contributed by atoms with E-state index in [9.17, 15) is 5.11 Å². The molecule has 2 atom stereocenters. The molecule has 0 aliphatic carbocycles. The van der Waals surface area contributed by atoms with Crippen LogP contribution in [0.25, 0.3) is 0 Å². The molecular formula is C21H45NO3. The Labute approximate surface area is 157 Å². The average Bonchev–Trinajstić information content (AvgIpc) is 2.66. The average molecular weight is 360 g/mol. The SMILES string of the molecule is CCC(CC)OC(CC(CC)(CC)OCCN(CC)CC)C(C)CO. The van der Waals surface area contributed by atoms with Crippen LogP contribution in [0.4, 0.5) is 0 Å². The van der Waals surface area contributed by atoms with Crippen LogP contribution in [0, 0.1) is 5.92 Å². The van der Waals surface area contributed by atoms with Gasteiger partial charge >= 0.3 is 0 Å². The largest absolute Gasteiger partial charge is 0.396 e. The minimum absolute atomic E-state index is 0.0447. The van der Waals surface area contributed by atoms with Gasteiger partial charge in [-0.2, -0.15) is 0 Å². The Bertz CT molecular complexity index is 300. The summed E-state index contributed by atoms with van der Waals surface area (Å²) in [5.41, 5.74) is -0.159. The maximum absolute atomic E-state index is 9.69. The van der Waals surface area contributed by atoms with Gasteiger partial charge in [-0.3, -0.25) is 0 Å². The molecule has 152 valence electrons. The monoisotopic (exact) mass is 359 g/mol. The third-order valence-corrected chi connectivity index (χ3v) is 5.77. The number of likely N-dealkylation sites (N-methyl/N-ethyl adjacent to an activating group) is 1. The second kappa shape index (κ2) is 14.0. The molecule has 0 spiro atoms. The first-order valence-corrected chi connectivity index (χ1v) is 10.6. The van der Waals surface area contributed by atoms with Crippen molar-refractivity contribution in [1.82, 2.24) is 4.90 Å². The molecule has 4 nitrogen and oxygen atoms in total. The number of hydrogen-bond acceptors (Lipinski definition) is 4. The van der Waals surface area contributed by atoms with E-state index in [0.29, 0.717) is 0 Å². The van der Waals surface area contributed by atoms with E-state index in [1.807, 2.05) is 0 Å². The number of aliphatic hydroxyl groups is 1. The van der Waals surface area contributed by atoms with Crippen molar-refractivity contribution >= 4 is 0 Å². The van der Waals surface area contributed by atoms with Crippen molar-refractivity contribution in [1.29, 1.82) is 0 Å². The fourth-order valence-electron chi connectivity index (χ4n) is 3.33. The van der Waals surface area contributed by atoms with E-state index in [2.05, 4.69) is 53.4 Å². The van der Waals surface area contributed by atoms with Crippen molar-refractivity contribution in [3.8, 4) is 0 Å². The Balaban J connectivity index is 4.97. The first-order valence-electron chi connectivity index (χ1n) is 10.6. The van der Waals surface area contributed by atoms with Gasteiger partial charge < -0.3 is 19.5 Å². The van der Waals surface area contributed by atoms with Gasteiger partial charge in [0, 0.05) is 25.5 Å². The van der Waals surface area contributed by atoms with Crippen molar-refractivity contribution in [3.05, 3.63) is 0 Å². The third kappa shape index (κ3) is 8.85. The van der Waals surface area contributed by atoms with Gasteiger partial charge in [0.25, 0.3) is 0 Å². The fourth-order valence-corrected chi connectivity index (χ4v) is 3.33. The number of hydrogen-bond donors (Lipinski definition) is 1. The first kappa shape index (κ1) is 24.8. The predicted octanol–water partition coefficient (Wildman–Crippen LogP) is 4.50. The van der Waals surface area contributed by atoms with Crippen LogP contribution >= 0.6 is 0 Å². The van der Waals surface area contributed by atoms with Crippen LogP contribution in [0.15, 0.2) is 0 Å². The van der Waals surface area contributed by atoms with Gasteiger partial charge in [0.2, 0.25) is 0 Å².